The van der Waals surface area contributed by atoms with Crippen LogP contribution in [0, 0.1) is 5.92 Å². The van der Waals surface area contributed by atoms with Gasteiger partial charge in [0.2, 0.25) is 5.91 Å². The van der Waals surface area contributed by atoms with Crippen LogP contribution in [0.15, 0.2) is 17.4 Å². The van der Waals surface area contributed by atoms with Crippen molar-refractivity contribution in [3.8, 4) is 0 Å². The van der Waals surface area contributed by atoms with Gasteiger partial charge < -0.3 is 19.9 Å². The third kappa shape index (κ3) is 6.05. The molecule has 1 amide bonds. The Morgan fingerprint density at radius 1 is 1.28 bits per heavy atom. The van der Waals surface area contributed by atoms with Crippen LogP contribution in [0.5, 0.6) is 0 Å². The molecule has 0 aromatic carbocycles. The molecule has 0 radical (unpaired) electrons. The molecule has 9 nitrogen and oxygen atoms in total. The van der Waals surface area contributed by atoms with Crippen LogP contribution < -0.4 is 10.2 Å². The van der Waals surface area contributed by atoms with Crippen molar-refractivity contribution in [1.82, 2.24) is 24.9 Å². The van der Waals surface area contributed by atoms with E-state index in [1.54, 1.807) is 22.8 Å². The van der Waals surface area contributed by atoms with Gasteiger partial charge in [-0.3, -0.25) is 19.4 Å². The Morgan fingerprint density at radius 2 is 2.00 bits per heavy atom. The van der Waals surface area contributed by atoms with Gasteiger partial charge in [-0.05, 0) is 5.92 Å². The van der Waals surface area contributed by atoms with Gasteiger partial charge in [-0.1, -0.05) is 13.8 Å². The van der Waals surface area contributed by atoms with Gasteiger partial charge in [0.15, 0.2) is 5.96 Å². The SMILES string of the molecule is CN=C(NCC(C(C)C)N1CCOCC1)N1CCN(c2cnn(C)c2)C(=O)C1.I. The third-order valence-corrected chi connectivity index (χ3v) is 5.49. The maximum Gasteiger partial charge on any atom is 0.246 e. The van der Waals surface area contributed by atoms with E-state index >= 15 is 0 Å². The lowest BCUT2D eigenvalue weighted by Crippen LogP contribution is -2.57. The van der Waals surface area contributed by atoms with Gasteiger partial charge in [0, 0.05) is 59.1 Å². The molecule has 0 spiro atoms. The molecule has 164 valence electrons. The highest BCUT2D eigenvalue weighted by Gasteiger charge is 2.29. The van der Waals surface area contributed by atoms with E-state index in [4.69, 9.17) is 4.74 Å². The highest BCUT2D eigenvalue weighted by molar-refractivity contribution is 14.0. The Hall–Kier alpha value is -1.40. The van der Waals surface area contributed by atoms with Crippen LogP contribution in [0.1, 0.15) is 13.8 Å². The zero-order chi connectivity index (χ0) is 20.1. The highest BCUT2D eigenvalue weighted by atomic mass is 127. The number of rotatable bonds is 5. The van der Waals surface area contributed by atoms with Crippen LogP contribution in [0.3, 0.4) is 0 Å². The summed E-state index contributed by atoms with van der Waals surface area (Å²) in [4.78, 5) is 23.4. The maximum atomic E-state index is 12.7. The summed E-state index contributed by atoms with van der Waals surface area (Å²) in [6, 6.07) is 0.410. The molecule has 2 saturated heterocycles. The first kappa shape index (κ1) is 23.9. The lowest BCUT2D eigenvalue weighted by molar-refractivity contribution is -0.120. The van der Waals surface area contributed by atoms with E-state index in [1.165, 1.54) is 0 Å². The molecule has 1 atom stereocenters. The summed E-state index contributed by atoms with van der Waals surface area (Å²) >= 11 is 0. The van der Waals surface area contributed by atoms with E-state index in [-0.39, 0.29) is 29.9 Å². The molecule has 1 N–H and O–H groups in total. The summed E-state index contributed by atoms with van der Waals surface area (Å²) in [5.74, 6) is 1.38. The zero-order valence-corrected chi connectivity index (χ0v) is 20.2. The molecule has 10 heteroatoms. The van der Waals surface area contributed by atoms with Crippen LogP contribution in [0.25, 0.3) is 0 Å². The van der Waals surface area contributed by atoms with E-state index in [0.717, 1.165) is 51.0 Å². The van der Waals surface area contributed by atoms with Crippen molar-refractivity contribution in [1.29, 1.82) is 0 Å². The number of halogens is 1. The molecule has 29 heavy (non-hydrogen) atoms. The van der Waals surface area contributed by atoms with Crippen molar-refractivity contribution in [3.05, 3.63) is 12.4 Å². The number of ether oxygens (including phenoxy) is 1. The van der Waals surface area contributed by atoms with Crippen LogP contribution in [-0.2, 0) is 16.6 Å². The van der Waals surface area contributed by atoms with Crippen LogP contribution in [-0.4, -0.2) is 97.0 Å². The topological polar surface area (TPSA) is 78.2 Å². The summed E-state index contributed by atoms with van der Waals surface area (Å²) in [6.07, 6.45) is 3.60. The minimum atomic E-state index is 0. The Kier molecular flexibility index (Phi) is 9.15. The van der Waals surface area contributed by atoms with Crippen LogP contribution in [0.4, 0.5) is 5.69 Å². The lowest BCUT2D eigenvalue weighted by atomic mass is 10.0. The number of nitrogens with one attached hydrogen (secondary N) is 1. The van der Waals surface area contributed by atoms with E-state index in [9.17, 15) is 4.79 Å². The van der Waals surface area contributed by atoms with Gasteiger partial charge in [-0.15, -0.1) is 24.0 Å². The maximum absolute atomic E-state index is 12.7. The highest BCUT2D eigenvalue weighted by Crippen LogP contribution is 2.16. The number of aryl methyl sites for hydroxylation is 1. The van der Waals surface area contributed by atoms with Crippen molar-refractivity contribution in [2.45, 2.75) is 19.9 Å². The van der Waals surface area contributed by atoms with Crippen molar-refractivity contribution >= 4 is 41.5 Å². The second-order valence-corrected chi connectivity index (χ2v) is 7.73. The fourth-order valence-corrected chi connectivity index (χ4v) is 3.90. The van der Waals surface area contributed by atoms with Crippen LogP contribution >= 0.6 is 24.0 Å². The molecular weight excluding hydrogens is 485 g/mol. The average molecular weight is 519 g/mol. The fraction of sp³-hybridized carbons (Fsp3) is 0.737. The number of carbonyl (C=O) groups excluding carboxylic acids is 1. The van der Waals surface area contributed by atoms with Gasteiger partial charge in [0.1, 0.15) is 6.54 Å². The fourth-order valence-electron chi connectivity index (χ4n) is 3.90. The third-order valence-electron chi connectivity index (χ3n) is 5.49. The second-order valence-electron chi connectivity index (χ2n) is 7.73. The molecule has 3 rings (SSSR count). The predicted octanol–water partition coefficient (Wildman–Crippen LogP) is 0.619. The van der Waals surface area contributed by atoms with Crippen LogP contribution in [0.2, 0.25) is 0 Å². The quantitative estimate of drug-likeness (QED) is 0.349. The summed E-state index contributed by atoms with van der Waals surface area (Å²) in [7, 11) is 3.63. The molecule has 0 aliphatic carbocycles. The van der Waals surface area contributed by atoms with E-state index < -0.39 is 0 Å². The summed E-state index contributed by atoms with van der Waals surface area (Å²) in [5, 5.41) is 7.67. The number of hydrogen-bond acceptors (Lipinski definition) is 5. The number of amides is 1. The number of nitrogens with zero attached hydrogens (tertiary/aromatic N) is 6. The summed E-state index contributed by atoms with van der Waals surface area (Å²) < 4.78 is 7.20. The van der Waals surface area contributed by atoms with Crippen molar-refractivity contribution in [2.75, 3.05) is 64.4 Å². The Bertz CT molecular complexity index is 688. The number of carbonyl (C=O) groups is 1. The monoisotopic (exact) mass is 519 g/mol. The summed E-state index contributed by atoms with van der Waals surface area (Å²) in [6.45, 7) is 10.5. The molecule has 1 unspecified atom stereocenters. The smallest absolute Gasteiger partial charge is 0.246 e. The molecule has 1 aromatic rings. The molecule has 2 aliphatic rings. The van der Waals surface area contributed by atoms with Gasteiger partial charge in [0.05, 0.1) is 25.1 Å². The van der Waals surface area contributed by atoms with E-state index in [1.807, 2.05) is 18.1 Å². The first-order chi connectivity index (χ1) is 13.5. The minimum absolute atomic E-state index is 0. The molecule has 1 aromatic heterocycles. The predicted molar refractivity (Wildman–Crippen MR) is 125 cm³/mol. The first-order valence-electron chi connectivity index (χ1n) is 10.1. The van der Waals surface area contributed by atoms with Gasteiger partial charge in [-0.2, -0.15) is 5.10 Å². The van der Waals surface area contributed by atoms with Gasteiger partial charge >= 0.3 is 0 Å². The van der Waals surface area contributed by atoms with Gasteiger partial charge in [-0.25, -0.2) is 0 Å². The number of anilines is 1. The number of morpholine rings is 1. The summed E-state index contributed by atoms with van der Waals surface area (Å²) in [5.41, 5.74) is 0.849. The first-order valence-corrected chi connectivity index (χ1v) is 10.1. The number of piperazine rings is 1. The average Bonchev–Trinajstić information content (AvgIpc) is 3.11. The van der Waals surface area contributed by atoms with Gasteiger partial charge in [0.25, 0.3) is 0 Å². The standard InChI is InChI=1S/C19H33N7O2.HI/c1-15(2)17(24-7-9-28-10-8-24)12-21-19(20-3)25-5-6-26(18(27)14-25)16-11-22-23(4)13-16;/h11,13,15,17H,5-10,12,14H2,1-4H3,(H,20,21);1H. The molecule has 2 fully saturated rings. The zero-order valence-electron chi connectivity index (χ0n) is 17.9. The second kappa shape index (κ2) is 11.1. The van der Waals surface area contributed by atoms with Crippen molar-refractivity contribution in [2.24, 2.45) is 18.0 Å². The molecule has 2 aliphatic heterocycles. The minimum Gasteiger partial charge on any atom is -0.379 e. The Balaban J connectivity index is 0.00000300. The Labute approximate surface area is 190 Å². The number of aromatic nitrogens is 2. The normalized spacial score (nSPS) is 20.0. The molecule has 3 heterocycles. The Morgan fingerprint density at radius 3 is 2.55 bits per heavy atom. The largest absolute Gasteiger partial charge is 0.379 e. The van der Waals surface area contributed by atoms with Crippen molar-refractivity contribution < 1.29 is 9.53 Å². The van der Waals surface area contributed by atoms with E-state index in [2.05, 4.69) is 34.2 Å². The lowest BCUT2D eigenvalue weighted by Gasteiger charge is -2.39. The van der Waals surface area contributed by atoms with Crippen molar-refractivity contribution in [3.63, 3.8) is 0 Å². The van der Waals surface area contributed by atoms with E-state index in [0.29, 0.717) is 25.0 Å². The molecule has 0 bridgehead atoms. The number of guanidine groups is 1. The number of hydrogen-bond donors (Lipinski definition) is 1. The molecular formula is C19H34IN7O2. The number of aliphatic imine (C=N–C) groups is 1. The molecule has 0 saturated carbocycles.